The highest BCUT2D eigenvalue weighted by atomic mass is 16.5. The zero-order chi connectivity index (χ0) is 20.5. The lowest BCUT2D eigenvalue weighted by Gasteiger charge is -2.26. The maximum Gasteiger partial charge on any atom is 0.262 e. The summed E-state index contributed by atoms with van der Waals surface area (Å²) in [6.07, 6.45) is 1.48. The van der Waals surface area contributed by atoms with Crippen molar-refractivity contribution in [2.24, 2.45) is 0 Å². The summed E-state index contributed by atoms with van der Waals surface area (Å²) >= 11 is 0. The van der Waals surface area contributed by atoms with Gasteiger partial charge in [0.25, 0.3) is 11.8 Å². The van der Waals surface area contributed by atoms with Crippen molar-refractivity contribution < 1.29 is 23.8 Å². The van der Waals surface area contributed by atoms with Gasteiger partial charge in [-0.2, -0.15) is 5.26 Å². The van der Waals surface area contributed by atoms with E-state index >= 15 is 0 Å². The molecule has 0 unspecified atom stereocenters. The molecule has 0 spiro atoms. The van der Waals surface area contributed by atoms with Crippen LogP contribution in [-0.2, 0) is 14.3 Å². The van der Waals surface area contributed by atoms with Gasteiger partial charge >= 0.3 is 0 Å². The van der Waals surface area contributed by atoms with Crippen LogP contribution in [0.2, 0.25) is 0 Å². The van der Waals surface area contributed by atoms with Crippen molar-refractivity contribution in [2.75, 3.05) is 40.0 Å². The minimum Gasteiger partial charge on any atom is -0.493 e. The number of carbonyl (C=O) groups is 2. The molecular weight excluding hydrogens is 362 g/mol. The molecule has 0 saturated carbocycles. The first kappa shape index (κ1) is 21.3. The summed E-state index contributed by atoms with van der Waals surface area (Å²) < 4.78 is 16.2. The van der Waals surface area contributed by atoms with Gasteiger partial charge in [0.1, 0.15) is 11.6 Å². The third-order valence-electron chi connectivity index (χ3n) is 4.00. The van der Waals surface area contributed by atoms with Gasteiger partial charge in [-0.3, -0.25) is 9.59 Å². The maximum absolute atomic E-state index is 12.2. The molecule has 1 aromatic carbocycles. The fourth-order valence-corrected chi connectivity index (χ4v) is 2.59. The van der Waals surface area contributed by atoms with Gasteiger partial charge < -0.3 is 24.4 Å². The highest BCUT2D eigenvalue weighted by molar-refractivity contribution is 6.01. The lowest BCUT2D eigenvalue weighted by atomic mass is 10.1. The zero-order valence-corrected chi connectivity index (χ0v) is 16.4. The van der Waals surface area contributed by atoms with E-state index < -0.39 is 5.91 Å². The molecule has 150 valence electrons. The number of nitriles is 1. The fourth-order valence-electron chi connectivity index (χ4n) is 2.59. The zero-order valence-electron chi connectivity index (χ0n) is 16.4. The van der Waals surface area contributed by atoms with Crippen LogP contribution in [0.15, 0.2) is 23.8 Å². The average Bonchev–Trinajstić information content (AvgIpc) is 2.70. The van der Waals surface area contributed by atoms with Crippen molar-refractivity contribution in [1.29, 1.82) is 5.26 Å². The minimum atomic E-state index is -0.437. The Hall–Kier alpha value is -3.05. The summed E-state index contributed by atoms with van der Waals surface area (Å²) in [5.41, 5.74) is 0.603. The Morgan fingerprint density at radius 3 is 2.64 bits per heavy atom. The van der Waals surface area contributed by atoms with Crippen molar-refractivity contribution in [1.82, 2.24) is 10.2 Å². The predicted molar refractivity (Wildman–Crippen MR) is 103 cm³/mol. The molecule has 8 nitrogen and oxygen atoms in total. The molecule has 8 heteroatoms. The highest BCUT2D eigenvalue weighted by Gasteiger charge is 2.18. The van der Waals surface area contributed by atoms with Gasteiger partial charge in [0.2, 0.25) is 0 Å². The van der Waals surface area contributed by atoms with Gasteiger partial charge in [-0.05, 0) is 37.6 Å². The monoisotopic (exact) mass is 387 g/mol. The first-order valence-electron chi connectivity index (χ1n) is 9.03. The topological polar surface area (TPSA) is 101 Å². The number of carbonyl (C=O) groups excluding carboxylic acids is 2. The molecule has 0 radical (unpaired) electrons. The molecular formula is C20H25N3O5. The van der Waals surface area contributed by atoms with Gasteiger partial charge in [0.05, 0.1) is 20.3 Å². The van der Waals surface area contributed by atoms with E-state index in [4.69, 9.17) is 14.2 Å². The summed E-state index contributed by atoms with van der Waals surface area (Å²) in [4.78, 5) is 25.9. The van der Waals surface area contributed by atoms with Crippen molar-refractivity contribution >= 4 is 17.9 Å². The van der Waals surface area contributed by atoms with Crippen LogP contribution in [0.1, 0.15) is 19.4 Å². The molecule has 1 N–H and O–H groups in total. The number of hydrogen-bond acceptors (Lipinski definition) is 6. The summed E-state index contributed by atoms with van der Waals surface area (Å²) in [5, 5.41) is 11.9. The van der Waals surface area contributed by atoms with Crippen LogP contribution in [-0.4, -0.2) is 62.8 Å². The number of nitrogens with one attached hydrogen (secondary N) is 1. The van der Waals surface area contributed by atoms with Gasteiger partial charge in [-0.25, -0.2) is 0 Å². The summed E-state index contributed by atoms with van der Waals surface area (Å²) in [6.45, 7) is 5.70. The van der Waals surface area contributed by atoms with Crippen molar-refractivity contribution in [3.63, 3.8) is 0 Å². The van der Waals surface area contributed by atoms with E-state index in [1.807, 2.05) is 19.9 Å². The fraction of sp³-hybridized carbons (Fsp3) is 0.450. The molecule has 1 heterocycles. The van der Waals surface area contributed by atoms with E-state index in [1.54, 1.807) is 23.1 Å². The molecule has 2 rings (SSSR count). The molecule has 0 atom stereocenters. The number of morpholine rings is 1. The molecule has 1 aliphatic rings. The number of rotatable bonds is 7. The van der Waals surface area contributed by atoms with Crippen molar-refractivity contribution in [3.05, 3.63) is 29.3 Å². The first-order valence-corrected chi connectivity index (χ1v) is 9.03. The second kappa shape index (κ2) is 10.3. The number of ether oxygens (including phenoxy) is 3. The van der Waals surface area contributed by atoms with Gasteiger partial charge in [0, 0.05) is 19.1 Å². The van der Waals surface area contributed by atoms with E-state index in [9.17, 15) is 14.9 Å². The Labute approximate surface area is 164 Å². The molecule has 28 heavy (non-hydrogen) atoms. The summed E-state index contributed by atoms with van der Waals surface area (Å²) in [7, 11) is 1.48. The lowest BCUT2D eigenvalue weighted by molar-refractivity contribution is -0.137. The Morgan fingerprint density at radius 1 is 1.32 bits per heavy atom. The largest absolute Gasteiger partial charge is 0.493 e. The summed E-state index contributed by atoms with van der Waals surface area (Å²) in [6, 6.07) is 6.81. The second-order valence-electron chi connectivity index (χ2n) is 6.49. The third-order valence-corrected chi connectivity index (χ3v) is 4.00. The molecule has 1 aromatic rings. The summed E-state index contributed by atoms with van der Waals surface area (Å²) in [5.74, 6) is 0.260. The first-order chi connectivity index (χ1) is 13.4. The van der Waals surface area contributed by atoms with Crippen molar-refractivity contribution in [3.8, 4) is 17.6 Å². The highest BCUT2D eigenvalue weighted by Crippen LogP contribution is 2.29. The number of amides is 2. The van der Waals surface area contributed by atoms with Crippen LogP contribution in [0.5, 0.6) is 11.5 Å². The Bertz CT molecular complexity index is 777. The van der Waals surface area contributed by atoms with Crippen LogP contribution < -0.4 is 14.8 Å². The van der Waals surface area contributed by atoms with E-state index in [-0.39, 0.29) is 24.1 Å². The van der Waals surface area contributed by atoms with Crippen molar-refractivity contribution in [2.45, 2.75) is 19.9 Å². The van der Waals surface area contributed by atoms with Gasteiger partial charge in [0.15, 0.2) is 18.1 Å². The molecule has 1 saturated heterocycles. The average molecular weight is 387 g/mol. The number of methoxy groups -OCH3 is 1. The Balaban J connectivity index is 2.08. The van der Waals surface area contributed by atoms with E-state index in [2.05, 4.69) is 5.32 Å². The predicted octanol–water partition coefficient (Wildman–Crippen LogP) is 1.36. The third kappa shape index (κ3) is 5.99. The number of benzene rings is 1. The minimum absolute atomic E-state index is 0.00748. The van der Waals surface area contributed by atoms with E-state index in [1.165, 1.54) is 13.2 Å². The molecule has 1 fully saturated rings. The van der Waals surface area contributed by atoms with E-state index in [0.29, 0.717) is 43.4 Å². The quantitative estimate of drug-likeness (QED) is 0.560. The van der Waals surface area contributed by atoms with Crippen LogP contribution in [0.25, 0.3) is 6.08 Å². The Kier molecular flexibility index (Phi) is 7.84. The lowest BCUT2D eigenvalue weighted by Crippen LogP contribution is -2.43. The molecule has 1 aliphatic heterocycles. The number of nitrogens with zero attached hydrogens (tertiary/aromatic N) is 2. The van der Waals surface area contributed by atoms with Crippen LogP contribution >= 0.6 is 0 Å². The van der Waals surface area contributed by atoms with Gasteiger partial charge in [-0.1, -0.05) is 6.07 Å². The van der Waals surface area contributed by atoms with Gasteiger partial charge in [-0.15, -0.1) is 0 Å². The SMILES string of the molecule is COc1cc(/C=C(\C#N)C(=O)NC(C)C)ccc1OCC(=O)N1CCOCC1. The number of hydrogen-bond donors (Lipinski definition) is 1. The van der Waals surface area contributed by atoms with Crippen LogP contribution in [0.4, 0.5) is 0 Å². The Morgan fingerprint density at radius 2 is 2.04 bits per heavy atom. The smallest absolute Gasteiger partial charge is 0.262 e. The van der Waals surface area contributed by atoms with E-state index in [0.717, 1.165) is 0 Å². The normalized spacial score (nSPS) is 14.4. The second-order valence-corrected chi connectivity index (χ2v) is 6.49. The van der Waals surface area contributed by atoms with Crippen LogP contribution in [0.3, 0.4) is 0 Å². The molecule has 0 bridgehead atoms. The molecule has 2 amide bonds. The van der Waals surface area contributed by atoms with Crippen LogP contribution in [0, 0.1) is 11.3 Å². The standard InChI is InChI=1S/C20H25N3O5/c1-14(2)22-20(25)16(12-21)10-15-4-5-17(18(11-15)26-3)28-13-19(24)23-6-8-27-9-7-23/h4-5,10-11,14H,6-9,13H2,1-3H3,(H,22,25)/b16-10+. The maximum atomic E-state index is 12.2. The molecule has 0 aliphatic carbocycles. The molecule has 0 aromatic heterocycles.